The first-order valence-corrected chi connectivity index (χ1v) is 9.76. The third kappa shape index (κ3) is 3.85. The van der Waals surface area contributed by atoms with Crippen molar-refractivity contribution in [1.29, 1.82) is 0 Å². The lowest BCUT2D eigenvalue weighted by Gasteiger charge is -2.32. The van der Waals surface area contributed by atoms with Gasteiger partial charge in [0.15, 0.2) is 0 Å². The fourth-order valence-electron chi connectivity index (χ4n) is 3.80. The van der Waals surface area contributed by atoms with E-state index in [0.717, 1.165) is 37.0 Å². The Hall–Kier alpha value is -2.07. The summed E-state index contributed by atoms with van der Waals surface area (Å²) in [5.41, 5.74) is 3.14. The average molecular weight is 371 g/mol. The van der Waals surface area contributed by atoms with Crippen LogP contribution in [0.1, 0.15) is 47.3 Å². The highest BCUT2D eigenvalue weighted by Gasteiger charge is 2.25. The smallest absolute Gasteiger partial charge is 0.255 e. The minimum absolute atomic E-state index is 0.0899. The molecule has 136 valence electrons. The maximum atomic E-state index is 12.8. The number of likely N-dealkylation sites (tertiary alicyclic amines) is 1. The molecule has 1 aromatic carbocycles. The molecule has 1 amide bonds. The summed E-state index contributed by atoms with van der Waals surface area (Å²) < 4.78 is 6.01. The van der Waals surface area contributed by atoms with Gasteiger partial charge in [-0.15, -0.1) is 0 Å². The number of ether oxygens (including phenoxy) is 1. The van der Waals surface area contributed by atoms with Gasteiger partial charge in [-0.25, -0.2) is 0 Å². The van der Waals surface area contributed by atoms with Gasteiger partial charge in [0.05, 0.1) is 5.56 Å². The van der Waals surface area contributed by atoms with E-state index in [4.69, 9.17) is 16.3 Å². The van der Waals surface area contributed by atoms with Gasteiger partial charge in [0.25, 0.3) is 5.91 Å². The van der Waals surface area contributed by atoms with Gasteiger partial charge in [0.1, 0.15) is 11.9 Å². The maximum absolute atomic E-state index is 12.8. The van der Waals surface area contributed by atoms with E-state index >= 15 is 0 Å². The molecule has 5 heteroatoms. The highest BCUT2D eigenvalue weighted by atomic mass is 35.5. The van der Waals surface area contributed by atoms with Gasteiger partial charge >= 0.3 is 0 Å². The molecular weight excluding hydrogens is 348 g/mol. The quantitative estimate of drug-likeness (QED) is 0.809. The number of rotatable bonds is 3. The zero-order valence-corrected chi connectivity index (χ0v) is 15.5. The number of aromatic nitrogens is 1. The van der Waals surface area contributed by atoms with Crippen LogP contribution in [-0.2, 0) is 12.8 Å². The standard InChI is InChI=1S/C21H23ClN2O2/c22-17-5-3-6-19(13-17)26-18-8-10-24(11-9-18)21(25)16-12-15-4-1-2-7-20(15)23-14-16/h3,5-6,12-14,18H,1-2,4,7-11H2. The molecule has 1 saturated heterocycles. The third-order valence-electron chi connectivity index (χ3n) is 5.24. The van der Waals surface area contributed by atoms with E-state index in [2.05, 4.69) is 11.1 Å². The van der Waals surface area contributed by atoms with Crippen LogP contribution in [0.5, 0.6) is 5.75 Å². The van der Waals surface area contributed by atoms with Crippen LogP contribution in [0, 0.1) is 0 Å². The Bertz CT molecular complexity index is 800. The minimum atomic E-state index is 0.0899. The second-order valence-electron chi connectivity index (χ2n) is 7.10. The number of hydrogen-bond acceptors (Lipinski definition) is 3. The van der Waals surface area contributed by atoms with E-state index in [1.54, 1.807) is 6.20 Å². The molecule has 0 saturated carbocycles. The highest BCUT2D eigenvalue weighted by Crippen LogP contribution is 2.24. The van der Waals surface area contributed by atoms with Crippen molar-refractivity contribution in [1.82, 2.24) is 9.88 Å². The van der Waals surface area contributed by atoms with Gasteiger partial charge in [-0.1, -0.05) is 17.7 Å². The summed E-state index contributed by atoms with van der Waals surface area (Å²) in [6.07, 6.45) is 8.01. The van der Waals surface area contributed by atoms with Crippen molar-refractivity contribution in [2.75, 3.05) is 13.1 Å². The van der Waals surface area contributed by atoms with Gasteiger partial charge in [-0.2, -0.15) is 0 Å². The fraction of sp³-hybridized carbons (Fsp3) is 0.429. The third-order valence-corrected chi connectivity index (χ3v) is 5.48. The normalized spacial score (nSPS) is 17.7. The zero-order valence-electron chi connectivity index (χ0n) is 14.8. The van der Waals surface area contributed by atoms with Gasteiger partial charge in [-0.05, 0) is 55.5 Å². The van der Waals surface area contributed by atoms with Crippen LogP contribution in [0.25, 0.3) is 0 Å². The number of nitrogens with zero attached hydrogens (tertiary/aromatic N) is 2. The molecule has 1 aliphatic heterocycles. The molecule has 2 aromatic rings. The van der Waals surface area contributed by atoms with Crippen LogP contribution in [0.4, 0.5) is 0 Å². The largest absolute Gasteiger partial charge is 0.490 e. The molecule has 1 aliphatic carbocycles. The fourth-order valence-corrected chi connectivity index (χ4v) is 3.98. The number of amides is 1. The van der Waals surface area contributed by atoms with E-state index in [9.17, 15) is 4.79 Å². The molecule has 1 fully saturated rings. The van der Waals surface area contributed by atoms with Crippen molar-refractivity contribution in [3.05, 3.63) is 58.4 Å². The molecule has 2 heterocycles. The number of pyridine rings is 1. The topological polar surface area (TPSA) is 42.4 Å². The Morgan fingerprint density at radius 2 is 1.96 bits per heavy atom. The van der Waals surface area contributed by atoms with E-state index in [1.807, 2.05) is 29.2 Å². The molecule has 26 heavy (non-hydrogen) atoms. The van der Waals surface area contributed by atoms with Gasteiger partial charge in [-0.3, -0.25) is 9.78 Å². The van der Waals surface area contributed by atoms with Crippen molar-refractivity contribution in [2.24, 2.45) is 0 Å². The maximum Gasteiger partial charge on any atom is 0.255 e. The van der Waals surface area contributed by atoms with Crippen LogP contribution in [0.3, 0.4) is 0 Å². The molecule has 0 radical (unpaired) electrons. The van der Waals surface area contributed by atoms with Crippen molar-refractivity contribution in [3.8, 4) is 5.75 Å². The van der Waals surface area contributed by atoms with Crippen LogP contribution in [-0.4, -0.2) is 35.0 Å². The SMILES string of the molecule is O=C(c1cnc2c(c1)CCCC2)N1CCC(Oc2cccc(Cl)c2)CC1. The predicted molar refractivity (Wildman–Crippen MR) is 102 cm³/mol. The van der Waals surface area contributed by atoms with Gasteiger partial charge < -0.3 is 9.64 Å². The Labute approximate surface area is 159 Å². The van der Waals surface area contributed by atoms with Crippen molar-refractivity contribution >= 4 is 17.5 Å². The number of benzene rings is 1. The lowest BCUT2D eigenvalue weighted by molar-refractivity contribution is 0.0595. The summed E-state index contributed by atoms with van der Waals surface area (Å²) >= 11 is 6.01. The number of piperidine rings is 1. The van der Waals surface area contributed by atoms with E-state index in [0.29, 0.717) is 18.1 Å². The molecule has 4 rings (SSSR count). The second-order valence-corrected chi connectivity index (χ2v) is 7.54. The van der Waals surface area contributed by atoms with Crippen molar-refractivity contribution in [2.45, 2.75) is 44.6 Å². The average Bonchev–Trinajstić information content (AvgIpc) is 2.68. The van der Waals surface area contributed by atoms with Gasteiger partial charge in [0.2, 0.25) is 0 Å². The van der Waals surface area contributed by atoms with E-state index < -0.39 is 0 Å². The molecule has 1 aromatic heterocycles. The molecular formula is C21H23ClN2O2. The highest BCUT2D eigenvalue weighted by molar-refractivity contribution is 6.30. The molecule has 2 aliphatic rings. The zero-order chi connectivity index (χ0) is 17.9. The Morgan fingerprint density at radius 3 is 2.77 bits per heavy atom. The first-order valence-electron chi connectivity index (χ1n) is 9.38. The lowest BCUT2D eigenvalue weighted by atomic mass is 9.95. The number of halogens is 1. The molecule has 4 nitrogen and oxygen atoms in total. The van der Waals surface area contributed by atoms with Crippen molar-refractivity contribution < 1.29 is 9.53 Å². The predicted octanol–water partition coefficient (Wildman–Crippen LogP) is 4.30. The molecule has 0 spiro atoms. The number of carbonyl (C=O) groups is 1. The second kappa shape index (κ2) is 7.67. The first-order chi connectivity index (χ1) is 12.7. The van der Waals surface area contributed by atoms with Crippen LogP contribution >= 0.6 is 11.6 Å². The van der Waals surface area contributed by atoms with Crippen molar-refractivity contribution in [3.63, 3.8) is 0 Å². The molecule has 0 bridgehead atoms. The molecule has 0 unspecified atom stereocenters. The summed E-state index contributed by atoms with van der Waals surface area (Å²) in [5, 5.41) is 0.676. The summed E-state index contributed by atoms with van der Waals surface area (Å²) in [4.78, 5) is 19.3. The minimum Gasteiger partial charge on any atom is -0.490 e. The number of hydrogen-bond donors (Lipinski definition) is 0. The first kappa shape index (κ1) is 17.3. The lowest BCUT2D eigenvalue weighted by Crippen LogP contribution is -2.41. The number of fused-ring (bicyclic) bond motifs is 1. The summed E-state index contributed by atoms with van der Waals surface area (Å²) in [5.74, 6) is 0.883. The van der Waals surface area contributed by atoms with Crippen LogP contribution < -0.4 is 4.74 Å². The summed E-state index contributed by atoms with van der Waals surface area (Å²) in [6, 6.07) is 9.53. The Morgan fingerprint density at radius 1 is 1.15 bits per heavy atom. The monoisotopic (exact) mass is 370 g/mol. The van der Waals surface area contributed by atoms with E-state index in [-0.39, 0.29) is 12.0 Å². The van der Waals surface area contributed by atoms with Crippen LogP contribution in [0.2, 0.25) is 5.02 Å². The van der Waals surface area contributed by atoms with E-state index in [1.165, 1.54) is 24.1 Å². The van der Waals surface area contributed by atoms with Gasteiger partial charge in [0, 0.05) is 42.8 Å². The Kier molecular flexibility index (Phi) is 5.11. The summed E-state index contributed by atoms with van der Waals surface area (Å²) in [6.45, 7) is 1.42. The number of carbonyl (C=O) groups excluding carboxylic acids is 1. The summed E-state index contributed by atoms with van der Waals surface area (Å²) in [7, 11) is 0. The van der Waals surface area contributed by atoms with Crippen LogP contribution in [0.15, 0.2) is 36.5 Å². The molecule has 0 atom stereocenters. The Balaban J connectivity index is 1.36. The molecule has 0 N–H and O–H groups in total. The number of aryl methyl sites for hydroxylation is 2.